The molecule has 4 nitrogen and oxygen atoms in total. The first-order chi connectivity index (χ1) is 9.58. The van der Waals surface area contributed by atoms with Crippen LogP contribution in [0.25, 0.3) is 11.4 Å². The van der Waals surface area contributed by atoms with Crippen molar-refractivity contribution < 1.29 is 4.52 Å². The molecule has 1 aromatic heterocycles. The smallest absolute Gasteiger partial charge is 0.228 e. The van der Waals surface area contributed by atoms with Crippen LogP contribution in [-0.2, 0) is 6.42 Å². The third kappa shape index (κ3) is 4.08. The lowest BCUT2D eigenvalue weighted by Crippen LogP contribution is -2.24. The van der Waals surface area contributed by atoms with Gasteiger partial charge in [0.15, 0.2) is 0 Å². The highest BCUT2D eigenvalue weighted by Gasteiger charge is 2.13. The second-order valence-corrected chi connectivity index (χ2v) is 6.21. The summed E-state index contributed by atoms with van der Waals surface area (Å²) in [6, 6.07) is 8.20. The number of nitrogens with zero attached hydrogens (tertiary/aromatic N) is 2. The average Bonchev–Trinajstić information content (AvgIpc) is 2.86. The monoisotopic (exact) mass is 291 g/mol. The highest BCUT2D eigenvalue weighted by atomic mass is 32.2. The van der Waals surface area contributed by atoms with Gasteiger partial charge in [-0.25, -0.2) is 0 Å². The van der Waals surface area contributed by atoms with Crippen molar-refractivity contribution in [3.8, 4) is 11.4 Å². The Kier molecular flexibility index (Phi) is 5.20. The Labute approximate surface area is 124 Å². The molecular weight excluding hydrogens is 270 g/mol. The van der Waals surface area contributed by atoms with Gasteiger partial charge in [-0.3, -0.25) is 0 Å². The molecule has 0 amide bonds. The summed E-state index contributed by atoms with van der Waals surface area (Å²) in [4.78, 5) is 5.64. The van der Waals surface area contributed by atoms with Crippen LogP contribution in [0.2, 0.25) is 0 Å². The third-order valence-electron chi connectivity index (χ3n) is 3.03. The van der Waals surface area contributed by atoms with Crippen LogP contribution in [0, 0.1) is 5.92 Å². The van der Waals surface area contributed by atoms with E-state index < -0.39 is 0 Å². The van der Waals surface area contributed by atoms with Crippen LogP contribution >= 0.6 is 11.8 Å². The molecule has 0 fully saturated rings. The molecular formula is C15H21N3OS. The Hall–Kier alpha value is -1.33. The van der Waals surface area contributed by atoms with Crippen LogP contribution < -0.4 is 5.73 Å². The number of hydrogen-bond donors (Lipinski definition) is 1. The molecule has 0 radical (unpaired) electrons. The zero-order valence-electron chi connectivity index (χ0n) is 12.2. The van der Waals surface area contributed by atoms with E-state index in [2.05, 4.69) is 42.4 Å². The predicted octanol–water partition coefficient (Wildman–Crippen LogP) is 3.37. The number of thioether (sulfide) groups is 1. The summed E-state index contributed by atoms with van der Waals surface area (Å²) in [6.45, 7) is 4.32. The largest absolute Gasteiger partial charge is 0.339 e. The van der Waals surface area contributed by atoms with Crippen molar-refractivity contribution in [2.45, 2.75) is 37.6 Å². The van der Waals surface area contributed by atoms with Gasteiger partial charge in [-0.2, -0.15) is 4.98 Å². The maximum absolute atomic E-state index is 6.06. The number of benzene rings is 1. The van der Waals surface area contributed by atoms with Crippen molar-refractivity contribution in [2.75, 3.05) is 6.26 Å². The van der Waals surface area contributed by atoms with Gasteiger partial charge in [0.25, 0.3) is 0 Å². The predicted molar refractivity (Wildman–Crippen MR) is 82.6 cm³/mol. The van der Waals surface area contributed by atoms with Gasteiger partial charge in [-0.15, -0.1) is 11.8 Å². The summed E-state index contributed by atoms with van der Waals surface area (Å²) >= 11 is 1.71. The fourth-order valence-electron chi connectivity index (χ4n) is 2.11. The van der Waals surface area contributed by atoms with Crippen molar-refractivity contribution in [3.63, 3.8) is 0 Å². The van der Waals surface area contributed by atoms with E-state index in [1.807, 2.05) is 12.1 Å². The van der Waals surface area contributed by atoms with Gasteiger partial charge in [-0.1, -0.05) is 19.0 Å². The molecule has 0 spiro atoms. The highest BCUT2D eigenvalue weighted by Crippen LogP contribution is 2.21. The molecule has 0 aliphatic carbocycles. The summed E-state index contributed by atoms with van der Waals surface area (Å²) in [7, 11) is 0. The molecule has 20 heavy (non-hydrogen) atoms. The fourth-order valence-corrected chi connectivity index (χ4v) is 2.52. The standard InChI is InChI=1S/C15H21N3OS/c1-10(2)8-12(16)9-14-17-15(18-19-14)11-4-6-13(20-3)7-5-11/h4-7,10,12H,8-9,16H2,1-3H3. The lowest BCUT2D eigenvalue weighted by atomic mass is 10.0. The van der Waals surface area contributed by atoms with Gasteiger partial charge in [0, 0.05) is 22.9 Å². The molecule has 0 aliphatic rings. The summed E-state index contributed by atoms with van der Waals surface area (Å²) < 4.78 is 5.28. The van der Waals surface area contributed by atoms with E-state index in [9.17, 15) is 0 Å². The zero-order chi connectivity index (χ0) is 14.5. The normalized spacial score (nSPS) is 12.8. The second-order valence-electron chi connectivity index (χ2n) is 5.33. The summed E-state index contributed by atoms with van der Waals surface area (Å²) in [6.07, 6.45) is 3.64. The molecule has 2 aromatic rings. The first kappa shape index (κ1) is 15.1. The van der Waals surface area contributed by atoms with E-state index in [0.29, 0.717) is 24.1 Å². The first-order valence-corrected chi connectivity index (χ1v) is 8.03. The number of hydrogen-bond acceptors (Lipinski definition) is 5. The highest BCUT2D eigenvalue weighted by molar-refractivity contribution is 7.98. The molecule has 1 atom stereocenters. The average molecular weight is 291 g/mol. The van der Waals surface area contributed by atoms with Crippen LogP contribution in [0.15, 0.2) is 33.7 Å². The quantitative estimate of drug-likeness (QED) is 0.827. The lowest BCUT2D eigenvalue weighted by molar-refractivity contribution is 0.359. The molecule has 0 bridgehead atoms. The molecule has 0 aliphatic heterocycles. The van der Waals surface area contributed by atoms with Crippen molar-refractivity contribution in [3.05, 3.63) is 30.2 Å². The Morgan fingerprint density at radius 2 is 1.95 bits per heavy atom. The van der Waals surface area contributed by atoms with Crippen molar-refractivity contribution in [2.24, 2.45) is 11.7 Å². The summed E-state index contributed by atoms with van der Waals surface area (Å²) in [5.41, 5.74) is 7.03. The molecule has 1 aromatic carbocycles. The molecule has 108 valence electrons. The molecule has 1 unspecified atom stereocenters. The van der Waals surface area contributed by atoms with E-state index in [0.717, 1.165) is 12.0 Å². The molecule has 2 N–H and O–H groups in total. The van der Waals surface area contributed by atoms with Crippen LogP contribution in [0.3, 0.4) is 0 Å². The Morgan fingerprint density at radius 3 is 2.55 bits per heavy atom. The molecule has 2 rings (SSSR count). The lowest BCUT2D eigenvalue weighted by Gasteiger charge is -2.10. The molecule has 0 saturated heterocycles. The van der Waals surface area contributed by atoms with Gasteiger partial charge in [0.2, 0.25) is 11.7 Å². The zero-order valence-corrected chi connectivity index (χ0v) is 13.0. The Balaban J connectivity index is 2.04. The van der Waals surface area contributed by atoms with Gasteiger partial charge in [0.05, 0.1) is 0 Å². The number of nitrogens with two attached hydrogens (primary N) is 1. The maximum atomic E-state index is 6.06. The van der Waals surface area contributed by atoms with E-state index in [1.165, 1.54) is 4.90 Å². The summed E-state index contributed by atoms with van der Waals surface area (Å²) in [5, 5.41) is 4.03. The van der Waals surface area contributed by atoms with Crippen LogP contribution in [0.1, 0.15) is 26.2 Å². The van der Waals surface area contributed by atoms with Gasteiger partial charge >= 0.3 is 0 Å². The van der Waals surface area contributed by atoms with E-state index in [4.69, 9.17) is 10.3 Å². The molecule has 1 heterocycles. The Bertz CT molecular complexity index is 536. The first-order valence-electron chi connectivity index (χ1n) is 6.81. The minimum atomic E-state index is 0.0715. The number of rotatable bonds is 6. The van der Waals surface area contributed by atoms with E-state index in [1.54, 1.807) is 11.8 Å². The minimum Gasteiger partial charge on any atom is -0.339 e. The topological polar surface area (TPSA) is 64.9 Å². The summed E-state index contributed by atoms with van der Waals surface area (Å²) in [5.74, 6) is 1.82. The van der Waals surface area contributed by atoms with Crippen molar-refractivity contribution in [1.29, 1.82) is 0 Å². The third-order valence-corrected chi connectivity index (χ3v) is 3.77. The molecule has 0 saturated carbocycles. The van der Waals surface area contributed by atoms with Gasteiger partial charge in [0.1, 0.15) is 0 Å². The van der Waals surface area contributed by atoms with E-state index in [-0.39, 0.29) is 6.04 Å². The maximum Gasteiger partial charge on any atom is 0.228 e. The van der Waals surface area contributed by atoms with Crippen LogP contribution in [0.4, 0.5) is 0 Å². The van der Waals surface area contributed by atoms with Gasteiger partial charge < -0.3 is 10.3 Å². The van der Waals surface area contributed by atoms with Crippen molar-refractivity contribution >= 4 is 11.8 Å². The van der Waals surface area contributed by atoms with Crippen LogP contribution in [0.5, 0.6) is 0 Å². The van der Waals surface area contributed by atoms with Crippen LogP contribution in [-0.4, -0.2) is 22.4 Å². The van der Waals surface area contributed by atoms with Gasteiger partial charge in [-0.05, 0) is 42.9 Å². The van der Waals surface area contributed by atoms with Crippen molar-refractivity contribution in [1.82, 2.24) is 10.1 Å². The SMILES string of the molecule is CSc1ccc(-c2noc(CC(N)CC(C)C)n2)cc1. The minimum absolute atomic E-state index is 0.0715. The number of aromatic nitrogens is 2. The second kappa shape index (κ2) is 6.90. The van der Waals surface area contributed by atoms with E-state index >= 15 is 0 Å². The molecule has 5 heteroatoms. The Morgan fingerprint density at radius 1 is 1.25 bits per heavy atom. The fraction of sp³-hybridized carbons (Fsp3) is 0.467.